The van der Waals surface area contributed by atoms with Gasteiger partial charge in [0.05, 0.1) is 6.61 Å². The minimum Gasteiger partial charge on any atom is -0.490 e. The largest absolute Gasteiger partial charge is 0.490 e. The molecule has 0 N–H and O–H groups in total. The maximum Gasteiger partial charge on any atom is 0.200 e. The number of hydrogen-bond donors (Lipinski definition) is 0. The van der Waals surface area contributed by atoms with Crippen LogP contribution in [0.15, 0.2) is 24.8 Å². The lowest BCUT2D eigenvalue weighted by molar-refractivity contribution is 0.127. The maximum absolute atomic E-state index is 14.1. The second-order valence-corrected chi connectivity index (χ2v) is 8.21. The van der Waals surface area contributed by atoms with Gasteiger partial charge in [-0.1, -0.05) is 19.1 Å². The molecule has 144 valence electrons. The second kappa shape index (κ2) is 9.01. The third kappa shape index (κ3) is 4.47. The highest BCUT2D eigenvalue weighted by molar-refractivity contribution is 5.31. The fourth-order valence-corrected chi connectivity index (χ4v) is 4.84. The molecule has 1 aromatic rings. The third-order valence-corrected chi connectivity index (χ3v) is 6.69. The van der Waals surface area contributed by atoms with Crippen LogP contribution in [-0.2, 0) is 6.42 Å². The van der Waals surface area contributed by atoms with Crippen LogP contribution < -0.4 is 4.74 Å². The average molecular weight is 363 g/mol. The van der Waals surface area contributed by atoms with Crippen molar-refractivity contribution in [2.45, 2.75) is 64.7 Å². The molecule has 0 atom stereocenters. The van der Waals surface area contributed by atoms with E-state index in [9.17, 15) is 8.78 Å². The zero-order valence-electron chi connectivity index (χ0n) is 16.0. The van der Waals surface area contributed by atoms with Gasteiger partial charge in [-0.05, 0) is 93.1 Å². The molecule has 2 fully saturated rings. The zero-order valence-corrected chi connectivity index (χ0v) is 16.0. The Morgan fingerprint density at radius 2 is 1.58 bits per heavy atom. The summed E-state index contributed by atoms with van der Waals surface area (Å²) >= 11 is 0. The first-order chi connectivity index (χ1) is 12.6. The van der Waals surface area contributed by atoms with Crippen LogP contribution in [0.5, 0.6) is 5.75 Å². The Morgan fingerprint density at radius 3 is 2.15 bits per heavy atom. The molecule has 26 heavy (non-hydrogen) atoms. The second-order valence-electron chi connectivity index (χ2n) is 8.21. The van der Waals surface area contributed by atoms with E-state index >= 15 is 0 Å². The van der Waals surface area contributed by atoms with Crippen LogP contribution in [0.1, 0.15) is 63.9 Å². The van der Waals surface area contributed by atoms with Gasteiger partial charge in [0.15, 0.2) is 11.6 Å². The van der Waals surface area contributed by atoms with Crippen molar-refractivity contribution in [1.82, 2.24) is 0 Å². The van der Waals surface area contributed by atoms with E-state index in [2.05, 4.69) is 12.7 Å². The minimum absolute atomic E-state index is 0.0598. The van der Waals surface area contributed by atoms with E-state index in [0.29, 0.717) is 24.5 Å². The van der Waals surface area contributed by atoms with Crippen molar-refractivity contribution in [3.63, 3.8) is 0 Å². The van der Waals surface area contributed by atoms with E-state index in [4.69, 9.17) is 4.74 Å². The summed E-state index contributed by atoms with van der Waals surface area (Å²) in [5.74, 6) is 1.37. The summed E-state index contributed by atoms with van der Waals surface area (Å²) in [6.45, 7) is 6.25. The van der Waals surface area contributed by atoms with Crippen molar-refractivity contribution >= 4 is 0 Å². The van der Waals surface area contributed by atoms with E-state index in [0.717, 1.165) is 30.6 Å². The van der Waals surface area contributed by atoms with Gasteiger partial charge in [0.2, 0.25) is 5.82 Å². The highest BCUT2D eigenvalue weighted by Crippen LogP contribution is 2.41. The lowest BCUT2D eigenvalue weighted by Gasteiger charge is -2.37. The molecular weight excluding hydrogens is 330 g/mol. The van der Waals surface area contributed by atoms with Gasteiger partial charge in [-0.2, -0.15) is 4.39 Å². The summed E-state index contributed by atoms with van der Waals surface area (Å²) in [6, 6.07) is 3.20. The number of rotatable bonds is 6. The molecule has 3 rings (SSSR count). The number of benzene rings is 1. The van der Waals surface area contributed by atoms with Crippen LogP contribution in [0.25, 0.3) is 0 Å². The molecule has 0 heterocycles. The van der Waals surface area contributed by atoms with Crippen LogP contribution >= 0.6 is 0 Å². The zero-order chi connectivity index (χ0) is 18.5. The SMILES string of the molecule is C=CC1CCC(C2CCC(COc3ccc(CC)c(F)c3F)CC2)CC1. The minimum atomic E-state index is -0.836. The van der Waals surface area contributed by atoms with Crippen LogP contribution in [0.2, 0.25) is 0 Å². The van der Waals surface area contributed by atoms with Gasteiger partial charge in [0, 0.05) is 0 Å². The number of halogens is 2. The van der Waals surface area contributed by atoms with Gasteiger partial charge < -0.3 is 4.74 Å². The number of allylic oxidation sites excluding steroid dienone is 1. The van der Waals surface area contributed by atoms with Crippen LogP contribution in [0.3, 0.4) is 0 Å². The predicted octanol–water partition coefficient (Wildman–Crippen LogP) is 6.70. The van der Waals surface area contributed by atoms with Crippen molar-refractivity contribution in [2.24, 2.45) is 23.7 Å². The van der Waals surface area contributed by atoms with E-state index in [1.54, 1.807) is 12.1 Å². The molecule has 3 heteroatoms. The van der Waals surface area contributed by atoms with Gasteiger partial charge in [0.1, 0.15) is 0 Å². The van der Waals surface area contributed by atoms with Gasteiger partial charge >= 0.3 is 0 Å². The van der Waals surface area contributed by atoms with Crippen molar-refractivity contribution in [3.8, 4) is 5.75 Å². The number of aryl methyl sites for hydroxylation is 1. The Hall–Kier alpha value is -1.38. The summed E-state index contributed by atoms with van der Waals surface area (Å²) in [5, 5.41) is 0. The van der Waals surface area contributed by atoms with Crippen molar-refractivity contribution in [2.75, 3.05) is 6.61 Å². The average Bonchev–Trinajstić information content (AvgIpc) is 2.70. The first-order valence-electron chi connectivity index (χ1n) is 10.3. The standard InChI is InChI=1S/C23H32F2O/c1-3-16-5-9-19(10-6-16)20-11-7-17(8-12-20)15-26-21-14-13-18(4-2)22(24)23(21)25/h3,13-14,16-17,19-20H,1,4-12,15H2,2H3. The fourth-order valence-electron chi connectivity index (χ4n) is 4.84. The highest BCUT2D eigenvalue weighted by Gasteiger charge is 2.30. The molecule has 0 saturated heterocycles. The molecule has 0 amide bonds. The predicted molar refractivity (Wildman–Crippen MR) is 102 cm³/mol. The Kier molecular flexibility index (Phi) is 6.72. The Morgan fingerprint density at radius 1 is 0.962 bits per heavy atom. The number of hydrogen-bond acceptors (Lipinski definition) is 1. The monoisotopic (exact) mass is 362 g/mol. The smallest absolute Gasteiger partial charge is 0.200 e. The van der Waals surface area contributed by atoms with Gasteiger partial charge in [-0.15, -0.1) is 6.58 Å². The van der Waals surface area contributed by atoms with E-state index in [-0.39, 0.29) is 5.75 Å². The molecule has 0 spiro atoms. The summed E-state index contributed by atoms with van der Waals surface area (Å²) in [5.41, 5.74) is 0.404. The first-order valence-corrected chi connectivity index (χ1v) is 10.3. The fraction of sp³-hybridized carbons (Fsp3) is 0.652. The summed E-state index contributed by atoms with van der Waals surface area (Å²) in [6.07, 6.45) is 12.7. The van der Waals surface area contributed by atoms with E-state index in [1.807, 2.05) is 6.92 Å². The van der Waals surface area contributed by atoms with Crippen molar-refractivity contribution in [1.29, 1.82) is 0 Å². The molecule has 0 aliphatic heterocycles. The van der Waals surface area contributed by atoms with Crippen LogP contribution in [0, 0.1) is 35.3 Å². The Labute approximate surface area is 156 Å². The Bertz CT molecular complexity index is 596. The van der Waals surface area contributed by atoms with Gasteiger partial charge in [-0.25, -0.2) is 4.39 Å². The molecule has 1 aromatic carbocycles. The number of ether oxygens (including phenoxy) is 1. The maximum atomic E-state index is 14.1. The normalized spacial score (nSPS) is 29.3. The lowest BCUT2D eigenvalue weighted by atomic mass is 9.69. The van der Waals surface area contributed by atoms with Crippen molar-refractivity contribution in [3.05, 3.63) is 42.0 Å². The summed E-state index contributed by atoms with van der Waals surface area (Å²) in [7, 11) is 0. The molecule has 0 bridgehead atoms. The van der Waals surface area contributed by atoms with Crippen LogP contribution in [-0.4, -0.2) is 6.61 Å². The topological polar surface area (TPSA) is 9.23 Å². The molecule has 0 radical (unpaired) electrons. The van der Waals surface area contributed by atoms with Gasteiger partial charge in [0.25, 0.3) is 0 Å². The lowest BCUT2D eigenvalue weighted by Crippen LogP contribution is -2.27. The molecular formula is C23H32F2O. The molecule has 2 saturated carbocycles. The summed E-state index contributed by atoms with van der Waals surface area (Å²) < 4.78 is 33.6. The quantitative estimate of drug-likeness (QED) is 0.511. The van der Waals surface area contributed by atoms with E-state index < -0.39 is 11.6 Å². The van der Waals surface area contributed by atoms with Crippen LogP contribution in [0.4, 0.5) is 8.78 Å². The third-order valence-electron chi connectivity index (χ3n) is 6.69. The summed E-state index contributed by atoms with van der Waals surface area (Å²) in [4.78, 5) is 0. The molecule has 0 unspecified atom stereocenters. The van der Waals surface area contributed by atoms with Gasteiger partial charge in [-0.3, -0.25) is 0 Å². The highest BCUT2D eigenvalue weighted by atomic mass is 19.2. The Balaban J connectivity index is 1.45. The molecule has 0 aromatic heterocycles. The first kappa shape index (κ1) is 19.4. The van der Waals surface area contributed by atoms with E-state index in [1.165, 1.54) is 38.5 Å². The molecule has 2 aliphatic rings. The van der Waals surface area contributed by atoms with Crippen molar-refractivity contribution < 1.29 is 13.5 Å². The molecule has 2 aliphatic carbocycles. The molecule has 1 nitrogen and oxygen atoms in total.